The fourth-order valence-corrected chi connectivity index (χ4v) is 4.62. The van der Waals surface area contributed by atoms with Crippen molar-refractivity contribution in [2.24, 2.45) is 0 Å². The minimum atomic E-state index is -4.59. The average molecular weight is 501 g/mol. The second-order valence-electron chi connectivity index (χ2n) is 7.65. The monoisotopic (exact) mass is 500 g/mol. The summed E-state index contributed by atoms with van der Waals surface area (Å²) in [6, 6.07) is 7.36. The van der Waals surface area contributed by atoms with Crippen molar-refractivity contribution in [2.75, 3.05) is 0 Å². The minimum Gasteiger partial charge on any atom is -0.351 e. The third kappa shape index (κ3) is 6.77. The number of aromatic nitrogens is 4. The number of carbonyl (C=O) groups excluding carboxylic acids is 1. The number of nitrogens with one attached hydrogen (secondary N) is 1. The van der Waals surface area contributed by atoms with Crippen molar-refractivity contribution in [1.82, 2.24) is 29.6 Å². The van der Waals surface area contributed by atoms with Crippen molar-refractivity contribution in [3.63, 3.8) is 0 Å². The molecule has 1 N–H and O–H groups in total. The van der Waals surface area contributed by atoms with Gasteiger partial charge in [0.2, 0.25) is 11.7 Å². The first-order valence-electron chi connectivity index (χ1n) is 10.6. The first kappa shape index (κ1) is 26.1. The Morgan fingerprint density at radius 3 is 2.51 bits per heavy atom. The van der Waals surface area contributed by atoms with Crippen LogP contribution in [0.2, 0.25) is 0 Å². The number of rotatable bonds is 6. The van der Waals surface area contributed by atoms with Gasteiger partial charge in [-0.2, -0.15) is 13.2 Å². The first-order chi connectivity index (χ1) is 16.8. The molecule has 2 atom stereocenters. The van der Waals surface area contributed by atoms with Gasteiger partial charge in [0.15, 0.2) is 0 Å². The lowest BCUT2D eigenvalue weighted by Crippen LogP contribution is -2.41. The smallest absolute Gasteiger partial charge is 0.351 e. The highest BCUT2D eigenvalue weighted by Crippen LogP contribution is 2.34. The van der Waals surface area contributed by atoms with Crippen LogP contribution in [0, 0.1) is 12.8 Å². The lowest BCUT2D eigenvalue weighted by Gasteiger charge is -2.25. The van der Waals surface area contributed by atoms with E-state index in [-0.39, 0.29) is 24.5 Å². The van der Waals surface area contributed by atoms with Gasteiger partial charge < -0.3 is 5.32 Å². The molecule has 1 aliphatic rings. The van der Waals surface area contributed by atoms with E-state index in [0.717, 1.165) is 35.8 Å². The van der Waals surface area contributed by atoms with Gasteiger partial charge in [-0.15, -0.1) is 12.8 Å². The number of terminal acetylenes is 1. The van der Waals surface area contributed by atoms with Crippen molar-refractivity contribution in [3.8, 4) is 24.0 Å². The summed E-state index contributed by atoms with van der Waals surface area (Å²) in [6.45, 7) is 2.33. The molecule has 0 bridgehead atoms. The summed E-state index contributed by atoms with van der Waals surface area (Å²) in [5.41, 5.74) is 1.69. The Morgan fingerprint density at radius 2 is 1.86 bits per heavy atom. The largest absolute Gasteiger partial charge is 0.451 e. The summed E-state index contributed by atoms with van der Waals surface area (Å²) in [7, 11) is 0. The maximum absolute atomic E-state index is 12.9. The Bertz CT molecular complexity index is 1140. The van der Waals surface area contributed by atoms with Gasteiger partial charge in [-0.25, -0.2) is 19.3 Å². The van der Waals surface area contributed by atoms with Crippen LogP contribution in [0.1, 0.15) is 31.2 Å². The van der Waals surface area contributed by atoms with Gasteiger partial charge in [0, 0.05) is 54.7 Å². The number of halogens is 3. The molecule has 7 nitrogen and oxygen atoms in total. The zero-order valence-electron chi connectivity index (χ0n) is 18.8. The quantitative estimate of drug-likeness (QED) is 0.397. The Morgan fingerprint density at radius 1 is 1.11 bits per heavy atom. The number of nitrogens with zero attached hydrogens (tertiary/aromatic N) is 5. The van der Waals surface area contributed by atoms with Gasteiger partial charge in [0.05, 0.1) is 6.04 Å². The van der Waals surface area contributed by atoms with Gasteiger partial charge >= 0.3 is 6.18 Å². The second-order valence-corrected chi connectivity index (χ2v) is 8.68. The molecule has 0 saturated carbocycles. The zero-order chi connectivity index (χ0) is 25.4. The van der Waals surface area contributed by atoms with Crippen LogP contribution in [0.5, 0.6) is 0 Å². The molecule has 1 fully saturated rings. The number of hydrogen-bond donors (Lipinski definition) is 1. The van der Waals surface area contributed by atoms with E-state index in [9.17, 15) is 18.0 Å². The molecule has 11 heteroatoms. The first-order valence-corrected chi connectivity index (χ1v) is 11.4. The van der Waals surface area contributed by atoms with Crippen molar-refractivity contribution in [2.45, 2.75) is 49.6 Å². The highest BCUT2D eigenvalue weighted by atomic mass is 32.2. The fourth-order valence-electron chi connectivity index (χ4n) is 3.54. The van der Waals surface area contributed by atoms with Crippen molar-refractivity contribution < 1.29 is 18.0 Å². The molecule has 35 heavy (non-hydrogen) atoms. The third-order valence-electron chi connectivity index (χ3n) is 5.24. The maximum Gasteiger partial charge on any atom is 0.451 e. The highest BCUT2D eigenvalue weighted by molar-refractivity contribution is 7.97. The van der Waals surface area contributed by atoms with Crippen LogP contribution in [0.4, 0.5) is 13.2 Å². The standard InChI is InChI=1S/C22H21F3N6OS.C2H2/c1-14-5-6-18(31(14)33-19-4-2-3-7-27-19)20(32)28-10-15-8-16(11-26-9-15)17-12-29-21(30-13-17)22(23,24)25;1-2/h2-4,7-9,11-14,18H,5-6,10H2,1H3,(H,28,32);1-2H/t14-,18-;/m0./s1. The molecule has 0 spiro atoms. The second kappa shape index (κ2) is 11.8. The Balaban J connectivity index is 0.00000167. The molecule has 0 aliphatic carbocycles. The van der Waals surface area contributed by atoms with Crippen molar-refractivity contribution >= 4 is 17.9 Å². The molecule has 4 rings (SSSR count). The van der Waals surface area contributed by atoms with E-state index in [1.807, 2.05) is 18.2 Å². The third-order valence-corrected chi connectivity index (χ3v) is 6.49. The lowest BCUT2D eigenvalue weighted by atomic mass is 10.1. The predicted molar refractivity (Wildman–Crippen MR) is 126 cm³/mol. The molecule has 1 aliphatic heterocycles. The number of alkyl halides is 3. The van der Waals surface area contributed by atoms with Crippen LogP contribution < -0.4 is 5.32 Å². The van der Waals surface area contributed by atoms with E-state index in [2.05, 4.69) is 49.3 Å². The van der Waals surface area contributed by atoms with E-state index >= 15 is 0 Å². The van der Waals surface area contributed by atoms with Crippen molar-refractivity contribution in [3.05, 3.63) is 66.6 Å². The van der Waals surface area contributed by atoms with Crippen molar-refractivity contribution in [1.29, 1.82) is 0 Å². The number of hydrogen-bond acceptors (Lipinski definition) is 7. The van der Waals surface area contributed by atoms with Gasteiger partial charge in [-0.3, -0.25) is 9.78 Å². The van der Waals surface area contributed by atoms with Gasteiger partial charge in [-0.1, -0.05) is 6.07 Å². The average Bonchev–Trinajstić information content (AvgIpc) is 3.24. The van der Waals surface area contributed by atoms with E-state index in [4.69, 9.17) is 0 Å². The normalized spacial score (nSPS) is 17.9. The molecule has 182 valence electrons. The fraction of sp³-hybridized carbons (Fsp3) is 0.292. The zero-order valence-corrected chi connectivity index (χ0v) is 19.6. The van der Waals surface area contributed by atoms with E-state index in [1.165, 1.54) is 18.1 Å². The molecule has 1 amide bonds. The Hall–Kier alpha value is -3.49. The summed E-state index contributed by atoms with van der Waals surface area (Å²) < 4.78 is 40.1. The van der Waals surface area contributed by atoms with Gasteiger partial charge in [0.1, 0.15) is 5.03 Å². The summed E-state index contributed by atoms with van der Waals surface area (Å²) in [4.78, 5) is 28.2. The van der Waals surface area contributed by atoms with E-state index < -0.39 is 12.0 Å². The molecule has 0 aromatic carbocycles. The van der Waals surface area contributed by atoms with Crippen LogP contribution in [-0.4, -0.2) is 42.2 Å². The molecule has 1 saturated heterocycles. The summed E-state index contributed by atoms with van der Waals surface area (Å²) >= 11 is 1.48. The number of amides is 1. The summed E-state index contributed by atoms with van der Waals surface area (Å²) in [5.74, 6) is -1.28. The molecule has 4 heterocycles. The van der Waals surface area contributed by atoms with Crippen LogP contribution in [-0.2, 0) is 17.5 Å². The SMILES string of the molecule is C#C.C[C@H]1CC[C@@H](C(=O)NCc2cncc(-c3cnc(C(F)(F)F)nc3)c2)N1Sc1ccccn1. The molecule has 0 radical (unpaired) electrons. The topological polar surface area (TPSA) is 83.9 Å². The summed E-state index contributed by atoms with van der Waals surface area (Å²) in [5, 5.41) is 3.78. The molecule has 3 aromatic heterocycles. The minimum absolute atomic E-state index is 0.0916. The molecule has 3 aromatic rings. The van der Waals surface area contributed by atoms with Gasteiger partial charge in [0.25, 0.3) is 0 Å². The van der Waals surface area contributed by atoms with Gasteiger partial charge in [-0.05, 0) is 55.5 Å². The highest BCUT2D eigenvalue weighted by Gasteiger charge is 2.36. The summed E-state index contributed by atoms with van der Waals surface area (Å²) in [6.07, 6.45) is 12.1. The van der Waals surface area contributed by atoms with Crippen LogP contribution in [0.3, 0.4) is 0 Å². The van der Waals surface area contributed by atoms with Crippen LogP contribution in [0.15, 0.2) is 60.3 Å². The maximum atomic E-state index is 12.9. The molecular weight excluding hydrogens is 477 g/mol. The van der Waals surface area contributed by atoms with E-state index in [0.29, 0.717) is 11.1 Å². The number of carbonyl (C=O) groups is 1. The molecule has 0 unspecified atom stereocenters. The number of pyridine rings is 2. The van der Waals surface area contributed by atoms with Crippen LogP contribution >= 0.6 is 11.9 Å². The Kier molecular flexibility index (Phi) is 8.78. The van der Waals surface area contributed by atoms with Crippen LogP contribution in [0.25, 0.3) is 11.1 Å². The molecular formula is C24H23F3N6OS. The lowest BCUT2D eigenvalue weighted by molar-refractivity contribution is -0.145. The Labute approximate surface area is 205 Å². The predicted octanol–water partition coefficient (Wildman–Crippen LogP) is 4.38. The van der Waals surface area contributed by atoms with E-state index in [1.54, 1.807) is 18.5 Å².